The van der Waals surface area contributed by atoms with E-state index in [2.05, 4.69) is 11.9 Å². The van der Waals surface area contributed by atoms with E-state index in [0.717, 1.165) is 12.0 Å². The standard InChI is InChI=1S/C14H28N2O4S.C4H6O.C2H6/c1-11(2)12(13(17)16(3)4)10-21-9-8-20-14(18)15-6-7-19-5;1-4(2)3-5;1-2/h11-12H,6-10H2,1-5H3,(H,15,18);3H,1H2,2H3;1-2H3. The Morgan fingerprint density at radius 2 is 1.75 bits per heavy atom. The van der Waals surface area contributed by atoms with E-state index in [4.69, 9.17) is 9.47 Å². The fourth-order valence-corrected chi connectivity index (χ4v) is 2.74. The Balaban J connectivity index is -0.000000767. The highest BCUT2D eigenvalue weighted by Gasteiger charge is 2.23. The molecule has 0 aliphatic heterocycles. The molecule has 2 amide bonds. The number of hydrogen-bond donors (Lipinski definition) is 1. The van der Waals surface area contributed by atoms with Gasteiger partial charge in [0, 0.05) is 45.2 Å². The van der Waals surface area contributed by atoms with Crippen molar-refractivity contribution in [1.29, 1.82) is 0 Å². The summed E-state index contributed by atoms with van der Waals surface area (Å²) in [7, 11) is 5.12. The van der Waals surface area contributed by atoms with Crippen LogP contribution in [0.15, 0.2) is 12.2 Å². The smallest absolute Gasteiger partial charge is 0.407 e. The average molecular weight is 421 g/mol. The minimum Gasteiger partial charge on any atom is -0.449 e. The van der Waals surface area contributed by atoms with E-state index in [1.807, 2.05) is 27.7 Å². The number of methoxy groups -OCH3 is 1. The van der Waals surface area contributed by atoms with Crippen molar-refractivity contribution in [2.45, 2.75) is 34.6 Å². The van der Waals surface area contributed by atoms with Crippen LogP contribution in [0.25, 0.3) is 0 Å². The first-order chi connectivity index (χ1) is 13.2. The predicted molar refractivity (Wildman–Crippen MR) is 118 cm³/mol. The highest BCUT2D eigenvalue weighted by atomic mass is 32.2. The van der Waals surface area contributed by atoms with Crippen LogP contribution in [0.2, 0.25) is 0 Å². The van der Waals surface area contributed by atoms with E-state index in [-0.39, 0.29) is 11.8 Å². The molecule has 0 saturated heterocycles. The number of aldehydes is 1. The number of carbonyl (C=O) groups is 3. The fraction of sp³-hybridized carbons (Fsp3) is 0.750. The lowest BCUT2D eigenvalue weighted by Gasteiger charge is -2.23. The zero-order valence-corrected chi connectivity index (χ0v) is 19.7. The third-order valence-corrected chi connectivity index (χ3v) is 4.15. The molecule has 8 heteroatoms. The maximum atomic E-state index is 12.0. The van der Waals surface area contributed by atoms with Gasteiger partial charge in [-0.25, -0.2) is 4.79 Å². The number of ether oxygens (including phenoxy) is 2. The van der Waals surface area contributed by atoms with E-state index in [1.54, 1.807) is 44.8 Å². The quantitative estimate of drug-likeness (QED) is 0.314. The summed E-state index contributed by atoms with van der Waals surface area (Å²) in [6.45, 7) is 14.3. The minimum atomic E-state index is -0.433. The Hall–Kier alpha value is -1.54. The van der Waals surface area contributed by atoms with Crippen LogP contribution in [0.3, 0.4) is 0 Å². The van der Waals surface area contributed by atoms with Crippen molar-refractivity contribution in [3.05, 3.63) is 12.2 Å². The zero-order valence-electron chi connectivity index (χ0n) is 18.9. The van der Waals surface area contributed by atoms with Gasteiger partial charge in [0.1, 0.15) is 12.9 Å². The number of hydrogen-bond acceptors (Lipinski definition) is 6. The second-order valence-electron chi connectivity index (χ2n) is 6.18. The molecule has 0 spiro atoms. The summed E-state index contributed by atoms with van der Waals surface area (Å²) in [5, 5.41) is 2.58. The normalized spacial score (nSPS) is 10.5. The number of nitrogens with zero attached hydrogens (tertiary/aromatic N) is 1. The minimum absolute atomic E-state index is 0.000490. The summed E-state index contributed by atoms with van der Waals surface area (Å²) in [5.74, 6) is 1.87. The van der Waals surface area contributed by atoms with E-state index >= 15 is 0 Å². The van der Waals surface area contributed by atoms with Crippen molar-refractivity contribution in [2.24, 2.45) is 11.8 Å². The number of alkyl carbamates (subject to hydrolysis) is 1. The molecule has 0 radical (unpaired) electrons. The van der Waals surface area contributed by atoms with Gasteiger partial charge < -0.3 is 19.7 Å². The highest BCUT2D eigenvalue weighted by molar-refractivity contribution is 7.99. The van der Waals surface area contributed by atoms with E-state index in [0.29, 0.717) is 37.0 Å². The molecule has 0 aromatic carbocycles. The molecule has 0 rings (SSSR count). The molecule has 0 aliphatic rings. The predicted octanol–water partition coefficient (Wildman–Crippen LogP) is 3.24. The van der Waals surface area contributed by atoms with Gasteiger partial charge in [0.2, 0.25) is 5.91 Å². The summed E-state index contributed by atoms with van der Waals surface area (Å²) in [5.41, 5.74) is 0.574. The second-order valence-corrected chi connectivity index (χ2v) is 7.33. The number of allylic oxidation sites excluding steroid dienone is 1. The molecule has 0 heterocycles. The maximum Gasteiger partial charge on any atom is 0.407 e. The van der Waals surface area contributed by atoms with Crippen LogP contribution >= 0.6 is 11.8 Å². The number of amides is 2. The van der Waals surface area contributed by atoms with E-state index in [9.17, 15) is 14.4 Å². The molecule has 166 valence electrons. The summed E-state index contributed by atoms with van der Waals surface area (Å²) >= 11 is 1.63. The van der Waals surface area contributed by atoms with Crippen molar-refractivity contribution in [3.63, 3.8) is 0 Å². The first kappa shape index (κ1) is 31.2. The average Bonchev–Trinajstić information content (AvgIpc) is 2.66. The number of carbonyl (C=O) groups excluding carboxylic acids is 3. The lowest BCUT2D eigenvalue weighted by Crippen LogP contribution is -2.34. The van der Waals surface area contributed by atoms with Crippen molar-refractivity contribution in [2.75, 3.05) is 52.5 Å². The molecule has 0 bridgehead atoms. The van der Waals surface area contributed by atoms with Crippen LogP contribution in [-0.4, -0.2) is 75.7 Å². The van der Waals surface area contributed by atoms with Gasteiger partial charge in [0.15, 0.2) is 0 Å². The molecule has 0 aliphatic carbocycles. The third-order valence-electron chi connectivity index (χ3n) is 3.10. The molecule has 28 heavy (non-hydrogen) atoms. The second kappa shape index (κ2) is 21.8. The lowest BCUT2D eigenvalue weighted by atomic mass is 9.97. The monoisotopic (exact) mass is 420 g/mol. The Bertz CT molecular complexity index is 429. The Kier molecular flexibility index (Phi) is 24.2. The SMILES string of the molecule is C=C(C)C=O.CC.COCCNC(=O)OCCSCC(C(=O)N(C)C)C(C)C. The van der Waals surface area contributed by atoms with Crippen LogP contribution in [0, 0.1) is 11.8 Å². The molecule has 0 saturated carbocycles. The topological polar surface area (TPSA) is 84.9 Å². The number of rotatable bonds is 11. The first-order valence-corrected chi connectivity index (χ1v) is 10.6. The van der Waals surface area contributed by atoms with Crippen molar-refractivity contribution < 1.29 is 23.9 Å². The van der Waals surface area contributed by atoms with Crippen LogP contribution in [0.1, 0.15) is 34.6 Å². The molecule has 1 atom stereocenters. The van der Waals surface area contributed by atoms with Gasteiger partial charge in [0.25, 0.3) is 0 Å². The molecule has 0 fully saturated rings. The summed E-state index contributed by atoms with van der Waals surface area (Å²) < 4.78 is 9.83. The Morgan fingerprint density at radius 1 is 1.21 bits per heavy atom. The fourth-order valence-electron chi connectivity index (χ4n) is 1.59. The van der Waals surface area contributed by atoms with Crippen LogP contribution in [-0.2, 0) is 19.1 Å². The summed E-state index contributed by atoms with van der Waals surface area (Å²) in [6.07, 6.45) is 0.289. The third kappa shape index (κ3) is 20.8. The van der Waals surface area contributed by atoms with Gasteiger partial charge in [0.05, 0.1) is 6.61 Å². The van der Waals surface area contributed by atoms with Gasteiger partial charge in [-0.05, 0) is 18.4 Å². The molecule has 1 unspecified atom stereocenters. The van der Waals surface area contributed by atoms with Crippen molar-refractivity contribution in [1.82, 2.24) is 10.2 Å². The zero-order chi connectivity index (χ0) is 22.5. The largest absolute Gasteiger partial charge is 0.449 e. The van der Waals surface area contributed by atoms with Gasteiger partial charge in [-0.15, -0.1) is 0 Å². The molecular weight excluding hydrogens is 380 g/mol. The van der Waals surface area contributed by atoms with Gasteiger partial charge in [-0.2, -0.15) is 11.8 Å². The van der Waals surface area contributed by atoms with Gasteiger partial charge >= 0.3 is 6.09 Å². The molecule has 1 N–H and O–H groups in total. The Morgan fingerprint density at radius 3 is 2.14 bits per heavy atom. The number of nitrogens with one attached hydrogen (secondary N) is 1. The van der Waals surface area contributed by atoms with Crippen LogP contribution in [0.4, 0.5) is 4.79 Å². The molecular formula is C20H40N2O5S. The van der Waals surface area contributed by atoms with Crippen molar-refractivity contribution in [3.8, 4) is 0 Å². The Labute approximate surface area is 175 Å². The number of thioether (sulfide) groups is 1. The van der Waals surface area contributed by atoms with Crippen LogP contribution in [0.5, 0.6) is 0 Å². The van der Waals surface area contributed by atoms with Crippen molar-refractivity contribution >= 4 is 30.0 Å². The summed E-state index contributed by atoms with van der Waals surface area (Å²) in [4.78, 5) is 34.3. The lowest BCUT2D eigenvalue weighted by molar-refractivity contribution is -0.133. The maximum absolute atomic E-state index is 12.0. The molecule has 0 aromatic heterocycles. The molecule has 0 aromatic rings. The summed E-state index contributed by atoms with van der Waals surface area (Å²) in [6, 6.07) is 0. The first-order valence-electron chi connectivity index (χ1n) is 9.46. The van der Waals surface area contributed by atoms with E-state index in [1.165, 1.54) is 0 Å². The highest BCUT2D eigenvalue weighted by Crippen LogP contribution is 2.19. The van der Waals surface area contributed by atoms with Crippen LogP contribution < -0.4 is 5.32 Å². The molecule has 7 nitrogen and oxygen atoms in total. The van der Waals surface area contributed by atoms with E-state index < -0.39 is 6.09 Å². The van der Waals surface area contributed by atoms with Gasteiger partial charge in [-0.3, -0.25) is 9.59 Å². The van der Waals surface area contributed by atoms with Gasteiger partial charge in [-0.1, -0.05) is 34.3 Å².